The number of rotatable bonds is 5. The number of hydrazine groups is 1. The molecule has 0 amide bonds. The van der Waals surface area contributed by atoms with E-state index < -0.39 is 0 Å². The summed E-state index contributed by atoms with van der Waals surface area (Å²) >= 11 is 6.09. The molecule has 0 aliphatic heterocycles. The lowest BCUT2D eigenvalue weighted by Gasteiger charge is -2.20. The summed E-state index contributed by atoms with van der Waals surface area (Å²) < 4.78 is 7.32. The van der Waals surface area contributed by atoms with Crippen molar-refractivity contribution < 1.29 is 4.74 Å². The van der Waals surface area contributed by atoms with Crippen molar-refractivity contribution in [2.45, 2.75) is 26.4 Å². The standard InChI is InChI=1S/C14H19ClN4O/c1-4-19-12(7-9(2)18-19)14(17-16)11-8-10(15)5-6-13(11)20-3/h5-8,14,17H,4,16H2,1-3H3. The smallest absolute Gasteiger partial charge is 0.124 e. The Labute approximate surface area is 123 Å². The zero-order valence-electron chi connectivity index (χ0n) is 11.9. The first kappa shape index (κ1) is 14.8. The van der Waals surface area contributed by atoms with Crippen LogP contribution in [0.1, 0.15) is 29.9 Å². The molecule has 6 heteroatoms. The van der Waals surface area contributed by atoms with Gasteiger partial charge in [-0.15, -0.1) is 0 Å². The van der Waals surface area contributed by atoms with Gasteiger partial charge in [0.05, 0.1) is 24.5 Å². The van der Waals surface area contributed by atoms with E-state index in [1.807, 2.05) is 36.7 Å². The van der Waals surface area contributed by atoms with Gasteiger partial charge >= 0.3 is 0 Å². The highest BCUT2D eigenvalue weighted by Crippen LogP contribution is 2.32. The summed E-state index contributed by atoms with van der Waals surface area (Å²) in [6.45, 7) is 4.77. The van der Waals surface area contributed by atoms with Crippen LogP contribution in [-0.4, -0.2) is 16.9 Å². The zero-order chi connectivity index (χ0) is 14.7. The minimum absolute atomic E-state index is 0.232. The van der Waals surface area contributed by atoms with Gasteiger partial charge in [-0.1, -0.05) is 11.6 Å². The fraction of sp³-hybridized carbons (Fsp3) is 0.357. The summed E-state index contributed by atoms with van der Waals surface area (Å²) in [6, 6.07) is 7.26. The number of nitrogens with zero attached hydrogens (tertiary/aromatic N) is 2. The fourth-order valence-corrected chi connectivity index (χ4v) is 2.50. The second-order valence-corrected chi connectivity index (χ2v) is 4.95. The maximum atomic E-state index is 6.09. The Bertz CT molecular complexity index is 597. The molecule has 0 bridgehead atoms. The second kappa shape index (κ2) is 6.26. The molecule has 3 N–H and O–H groups in total. The first-order valence-corrected chi connectivity index (χ1v) is 6.82. The highest BCUT2D eigenvalue weighted by molar-refractivity contribution is 6.30. The van der Waals surface area contributed by atoms with Crippen LogP contribution >= 0.6 is 11.6 Å². The topological polar surface area (TPSA) is 65.1 Å². The number of methoxy groups -OCH3 is 1. The van der Waals surface area contributed by atoms with E-state index >= 15 is 0 Å². The third kappa shape index (κ3) is 2.80. The molecule has 0 spiro atoms. The van der Waals surface area contributed by atoms with Crippen molar-refractivity contribution in [1.82, 2.24) is 15.2 Å². The van der Waals surface area contributed by atoms with Crippen LogP contribution in [-0.2, 0) is 6.54 Å². The molecule has 1 atom stereocenters. The van der Waals surface area contributed by atoms with Crippen LogP contribution < -0.4 is 16.0 Å². The van der Waals surface area contributed by atoms with Crippen molar-refractivity contribution in [2.24, 2.45) is 5.84 Å². The molecule has 20 heavy (non-hydrogen) atoms. The highest BCUT2D eigenvalue weighted by atomic mass is 35.5. The van der Waals surface area contributed by atoms with E-state index in [0.29, 0.717) is 5.02 Å². The monoisotopic (exact) mass is 294 g/mol. The Morgan fingerprint density at radius 1 is 1.45 bits per heavy atom. The normalized spacial score (nSPS) is 12.4. The Kier molecular flexibility index (Phi) is 4.65. The first-order chi connectivity index (χ1) is 9.60. The average Bonchev–Trinajstić information content (AvgIpc) is 2.81. The van der Waals surface area contributed by atoms with Crippen LogP contribution in [0.25, 0.3) is 0 Å². The zero-order valence-corrected chi connectivity index (χ0v) is 12.6. The van der Waals surface area contributed by atoms with Crippen molar-refractivity contribution in [1.29, 1.82) is 0 Å². The Balaban J connectivity index is 2.54. The molecule has 1 unspecified atom stereocenters. The number of hydrogen-bond donors (Lipinski definition) is 2. The van der Waals surface area contributed by atoms with Crippen molar-refractivity contribution >= 4 is 11.6 Å². The SMILES string of the molecule is CCn1nc(C)cc1C(NN)c1cc(Cl)ccc1OC. The molecular formula is C14H19ClN4O. The van der Waals surface area contributed by atoms with Gasteiger partial charge in [-0.2, -0.15) is 5.10 Å². The van der Waals surface area contributed by atoms with Gasteiger partial charge in [0.1, 0.15) is 5.75 Å². The number of aryl methyl sites for hydroxylation is 2. The van der Waals surface area contributed by atoms with Crippen molar-refractivity contribution in [3.8, 4) is 5.75 Å². The molecule has 1 aromatic carbocycles. The molecule has 0 aliphatic carbocycles. The predicted octanol–water partition coefficient (Wildman–Crippen LogP) is 2.43. The van der Waals surface area contributed by atoms with E-state index in [0.717, 1.165) is 29.2 Å². The Morgan fingerprint density at radius 2 is 2.20 bits per heavy atom. The lowest BCUT2D eigenvalue weighted by atomic mass is 10.0. The summed E-state index contributed by atoms with van der Waals surface area (Å²) in [6.07, 6.45) is 0. The lowest BCUT2D eigenvalue weighted by Crippen LogP contribution is -2.31. The van der Waals surface area contributed by atoms with Crippen LogP contribution in [0, 0.1) is 6.92 Å². The molecule has 0 fully saturated rings. The minimum atomic E-state index is -0.232. The third-order valence-corrected chi connectivity index (χ3v) is 3.43. The van der Waals surface area contributed by atoms with Gasteiger partial charge in [-0.05, 0) is 38.1 Å². The maximum Gasteiger partial charge on any atom is 0.124 e. The van der Waals surface area contributed by atoms with Crippen LogP contribution in [0.4, 0.5) is 0 Å². The maximum absolute atomic E-state index is 6.09. The van der Waals surface area contributed by atoms with Crippen LogP contribution in [0.5, 0.6) is 5.75 Å². The quantitative estimate of drug-likeness (QED) is 0.656. The van der Waals surface area contributed by atoms with Gasteiger partial charge in [-0.25, -0.2) is 5.43 Å². The number of nitrogens with two attached hydrogens (primary N) is 1. The molecule has 0 aliphatic rings. The van der Waals surface area contributed by atoms with E-state index in [4.69, 9.17) is 22.2 Å². The van der Waals surface area contributed by atoms with Crippen molar-refractivity contribution in [2.75, 3.05) is 7.11 Å². The van der Waals surface area contributed by atoms with Gasteiger partial charge in [-0.3, -0.25) is 10.5 Å². The number of halogens is 1. The van der Waals surface area contributed by atoms with Crippen molar-refractivity contribution in [3.05, 3.63) is 46.2 Å². The van der Waals surface area contributed by atoms with Crippen molar-refractivity contribution in [3.63, 3.8) is 0 Å². The molecule has 108 valence electrons. The van der Waals surface area contributed by atoms with E-state index in [1.165, 1.54) is 0 Å². The summed E-state index contributed by atoms with van der Waals surface area (Å²) in [7, 11) is 1.63. The number of nitrogens with one attached hydrogen (secondary N) is 1. The van der Waals surface area contributed by atoms with Gasteiger partial charge in [0.25, 0.3) is 0 Å². The lowest BCUT2D eigenvalue weighted by molar-refractivity contribution is 0.402. The Morgan fingerprint density at radius 3 is 2.80 bits per heavy atom. The molecule has 5 nitrogen and oxygen atoms in total. The van der Waals surface area contributed by atoms with Gasteiger partial charge in [0.2, 0.25) is 0 Å². The minimum Gasteiger partial charge on any atom is -0.496 e. The second-order valence-electron chi connectivity index (χ2n) is 4.51. The Hall–Kier alpha value is -1.56. The molecule has 0 radical (unpaired) electrons. The van der Waals surface area contributed by atoms with E-state index in [2.05, 4.69) is 10.5 Å². The molecule has 2 rings (SSSR count). The highest BCUT2D eigenvalue weighted by Gasteiger charge is 2.21. The molecule has 0 saturated heterocycles. The molecule has 0 saturated carbocycles. The van der Waals surface area contributed by atoms with E-state index in [1.54, 1.807) is 13.2 Å². The van der Waals surface area contributed by atoms with Gasteiger partial charge in [0.15, 0.2) is 0 Å². The number of aromatic nitrogens is 2. The largest absolute Gasteiger partial charge is 0.496 e. The molecule has 2 aromatic rings. The van der Waals surface area contributed by atoms with Crippen LogP contribution in [0.15, 0.2) is 24.3 Å². The number of ether oxygens (including phenoxy) is 1. The summed E-state index contributed by atoms with van der Waals surface area (Å²) in [5.74, 6) is 6.49. The van der Waals surface area contributed by atoms with E-state index in [9.17, 15) is 0 Å². The molecular weight excluding hydrogens is 276 g/mol. The van der Waals surface area contributed by atoms with E-state index in [-0.39, 0.29) is 6.04 Å². The van der Waals surface area contributed by atoms with Gasteiger partial charge in [0, 0.05) is 17.1 Å². The third-order valence-electron chi connectivity index (χ3n) is 3.20. The molecule has 1 aromatic heterocycles. The van der Waals surface area contributed by atoms with Crippen LogP contribution in [0.3, 0.4) is 0 Å². The molecule has 1 heterocycles. The predicted molar refractivity (Wildman–Crippen MR) is 79.8 cm³/mol. The fourth-order valence-electron chi connectivity index (χ4n) is 2.32. The number of benzene rings is 1. The summed E-state index contributed by atoms with van der Waals surface area (Å²) in [4.78, 5) is 0. The van der Waals surface area contributed by atoms with Crippen LogP contribution in [0.2, 0.25) is 5.02 Å². The average molecular weight is 295 g/mol. The van der Waals surface area contributed by atoms with Gasteiger partial charge < -0.3 is 4.74 Å². The first-order valence-electron chi connectivity index (χ1n) is 6.44. The summed E-state index contributed by atoms with van der Waals surface area (Å²) in [5, 5.41) is 5.09. The number of hydrogen-bond acceptors (Lipinski definition) is 4. The summed E-state index contributed by atoms with van der Waals surface area (Å²) in [5.41, 5.74) is 5.64.